The van der Waals surface area contributed by atoms with Crippen molar-refractivity contribution in [2.45, 2.75) is 0 Å². The van der Waals surface area contributed by atoms with Gasteiger partial charge in [0.2, 0.25) is 0 Å². The molecule has 3 heteroatoms. The zero-order valence-electron chi connectivity index (χ0n) is 4.15. The van der Waals surface area contributed by atoms with E-state index in [0.29, 0.717) is 0 Å². The molecule has 0 saturated heterocycles. The normalized spacial score (nSPS) is 20.6. The lowest BCUT2D eigenvalue weighted by molar-refractivity contribution is 0.695. The predicted molar refractivity (Wildman–Crippen MR) is 29.4 cm³/mol. The Hall–Kier alpha value is -0.570. The van der Waals surface area contributed by atoms with Crippen LogP contribution in [0, 0.1) is 0 Å². The topological polar surface area (TPSA) is 36.4 Å². The average Bonchev–Trinajstić information content (AvgIpc) is 1.90. The monoisotopic (exact) mass is 99.1 g/mol. The number of hydrazone groups is 1. The maximum absolute atomic E-state index is 3.83. The van der Waals surface area contributed by atoms with E-state index in [4.69, 9.17) is 0 Å². The summed E-state index contributed by atoms with van der Waals surface area (Å²) in [5.74, 6) is 0. The molecule has 0 aromatic carbocycles. The van der Waals surface area contributed by atoms with Crippen molar-refractivity contribution < 1.29 is 0 Å². The van der Waals surface area contributed by atoms with Crippen LogP contribution in [0.25, 0.3) is 0 Å². The van der Waals surface area contributed by atoms with Crippen LogP contribution in [0.15, 0.2) is 5.10 Å². The van der Waals surface area contributed by atoms with Gasteiger partial charge in [0.15, 0.2) is 0 Å². The van der Waals surface area contributed by atoms with E-state index in [0.717, 1.165) is 19.6 Å². The van der Waals surface area contributed by atoms with Crippen LogP contribution in [-0.2, 0) is 0 Å². The molecule has 40 valence electrons. The molecular formula is C4H9N3. The SMILES string of the molecule is C1=NNCCNC1. The predicted octanol–water partition coefficient (Wildman–Crippen LogP) is -0.835. The highest BCUT2D eigenvalue weighted by molar-refractivity contribution is 5.59. The van der Waals surface area contributed by atoms with E-state index in [1.165, 1.54) is 0 Å². The van der Waals surface area contributed by atoms with E-state index in [2.05, 4.69) is 15.8 Å². The summed E-state index contributed by atoms with van der Waals surface area (Å²) in [4.78, 5) is 0. The minimum absolute atomic E-state index is 0.896. The molecule has 0 unspecified atom stereocenters. The highest BCUT2D eigenvalue weighted by Gasteiger charge is 1.85. The van der Waals surface area contributed by atoms with Gasteiger partial charge in [-0.3, -0.25) is 0 Å². The van der Waals surface area contributed by atoms with Crippen molar-refractivity contribution in [2.75, 3.05) is 19.6 Å². The molecule has 0 fully saturated rings. The molecule has 0 radical (unpaired) electrons. The molecule has 0 amide bonds. The van der Waals surface area contributed by atoms with E-state index < -0.39 is 0 Å². The molecule has 0 atom stereocenters. The lowest BCUT2D eigenvalue weighted by Crippen LogP contribution is -2.21. The minimum Gasteiger partial charge on any atom is -0.310 e. The maximum atomic E-state index is 3.83. The first-order chi connectivity index (χ1) is 3.50. The zero-order chi connectivity index (χ0) is 4.95. The first kappa shape index (κ1) is 4.59. The summed E-state index contributed by atoms with van der Waals surface area (Å²) >= 11 is 0. The van der Waals surface area contributed by atoms with E-state index in [1.807, 2.05) is 6.21 Å². The van der Waals surface area contributed by atoms with Crippen LogP contribution in [0.3, 0.4) is 0 Å². The minimum atomic E-state index is 0.896. The van der Waals surface area contributed by atoms with Crippen LogP contribution < -0.4 is 10.7 Å². The molecule has 0 spiro atoms. The van der Waals surface area contributed by atoms with Crippen molar-refractivity contribution in [3.8, 4) is 0 Å². The van der Waals surface area contributed by atoms with E-state index in [9.17, 15) is 0 Å². The van der Waals surface area contributed by atoms with Crippen molar-refractivity contribution in [1.29, 1.82) is 0 Å². The molecule has 1 aliphatic rings. The van der Waals surface area contributed by atoms with Gasteiger partial charge >= 0.3 is 0 Å². The number of hydrogen-bond acceptors (Lipinski definition) is 3. The van der Waals surface area contributed by atoms with Crippen LogP contribution in [0.4, 0.5) is 0 Å². The Bertz CT molecular complexity index is 61.3. The van der Waals surface area contributed by atoms with Gasteiger partial charge in [-0.15, -0.1) is 0 Å². The first-order valence-corrected chi connectivity index (χ1v) is 2.45. The lowest BCUT2D eigenvalue weighted by Gasteiger charge is -1.92. The highest BCUT2D eigenvalue weighted by Crippen LogP contribution is 1.64. The second-order valence-electron chi connectivity index (χ2n) is 1.42. The lowest BCUT2D eigenvalue weighted by atomic mass is 10.6. The van der Waals surface area contributed by atoms with Gasteiger partial charge in [0.25, 0.3) is 0 Å². The van der Waals surface area contributed by atoms with Gasteiger partial charge in [0.1, 0.15) is 0 Å². The summed E-state index contributed by atoms with van der Waals surface area (Å²) in [6.07, 6.45) is 1.83. The van der Waals surface area contributed by atoms with Gasteiger partial charge in [-0.2, -0.15) is 5.10 Å². The van der Waals surface area contributed by atoms with Crippen molar-refractivity contribution in [3.05, 3.63) is 0 Å². The Labute approximate surface area is 42.8 Å². The number of hydrogen-bond donors (Lipinski definition) is 2. The fourth-order valence-electron chi connectivity index (χ4n) is 0.486. The molecule has 7 heavy (non-hydrogen) atoms. The van der Waals surface area contributed by atoms with E-state index in [-0.39, 0.29) is 0 Å². The van der Waals surface area contributed by atoms with Crippen LogP contribution in [-0.4, -0.2) is 25.8 Å². The molecule has 0 aliphatic carbocycles. The Balaban J connectivity index is 2.20. The first-order valence-electron chi connectivity index (χ1n) is 2.45. The maximum Gasteiger partial charge on any atom is 0.0454 e. The summed E-state index contributed by atoms with van der Waals surface area (Å²) in [5.41, 5.74) is 2.85. The molecule has 1 aliphatic heterocycles. The number of nitrogens with zero attached hydrogens (tertiary/aromatic N) is 1. The number of rotatable bonds is 0. The van der Waals surface area contributed by atoms with Gasteiger partial charge < -0.3 is 10.7 Å². The summed E-state index contributed by atoms with van der Waals surface area (Å²) in [7, 11) is 0. The Morgan fingerprint density at radius 3 is 3.43 bits per heavy atom. The molecule has 0 aromatic rings. The third kappa shape index (κ3) is 1.55. The van der Waals surface area contributed by atoms with Crippen LogP contribution in [0.1, 0.15) is 0 Å². The van der Waals surface area contributed by atoms with Crippen molar-refractivity contribution in [3.63, 3.8) is 0 Å². The van der Waals surface area contributed by atoms with Crippen molar-refractivity contribution >= 4 is 6.21 Å². The molecule has 2 N–H and O–H groups in total. The van der Waals surface area contributed by atoms with Crippen LogP contribution >= 0.6 is 0 Å². The molecular weight excluding hydrogens is 90.1 g/mol. The van der Waals surface area contributed by atoms with Gasteiger partial charge in [-0.25, -0.2) is 0 Å². The average molecular weight is 99.1 g/mol. The Kier molecular flexibility index (Phi) is 1.69. The van der Waals surface area contributed by atoms with Crippen molar-refractivity contribution in [2.24, 2.45) is 5.10 Å². The second kappa shape index (κ2) is 2.58. The molecule has 0 bridgehead atoms. The molecule has 1 rings (SSSR count). The quantitative estimate of drug-likeness (QED) is 0.415. The van der Waals surface area contributed by atoms with Crippen molar-refractivity contribution in [1.82, 2.24) is 10.7 Å². The fourth-order valence-corrected chi connectivity index (χ4v) is 0.486. The van der Waals surface area contributed by atoms with E-state index >= 15 is 0 Å². The summed E-state index contributed by atoms with van der Waals surface area (Å²) in [6.45, 7) is 2.85. The van der Waals surface area contributed by atoms with Gasteiger partial charge in [-0.05, 0) is 0 Å². The fraction of sp³-hybridized carbons (Fsp3) is 0.750. The summed E-state index contributed by atoms with van der Waals surface area (Å²) < 4.78 is 0. The van der Waals surface area contributed by atoms with Gasteiger partial charge in [0.05, 0.1) is 0 Å². The standard InChI is InChI=1S/C4H9N3/c1-3-6-7-4-2-5-1/h3,5,7H,1-2,4H2. The number of nitrogens with one attached hydrogen (secondary N) is 2. The Morgan fingerprint density at radius 1 is 1.43 bits per heavy atom. The Morgan fingerprint density at radius 2 is 2.43 bits per heavy atom. The molecule has 3 nitrogen and oxygen atoms in total. The third-order valence-corrected chi connectivity index (χ3v) is 0.832. The highest BCUT2D eigenvalue weighted by atomic mass is 15.3. The third-order valence-electron chi connectivity index (χ3n) is 0.832. The molecule has 0 aromatic heterocycles. The van der Waals surface area contributed by atoms with Gasteiger partial charge in [0, 0.05) is 25.8 Å². The molecule has 0 saturated carbocycles. The van der Waals surface area contributed by atoms with Crippen LogP contribution in [0.5, 0.6) is 0 Å². The largest absolute Gasteiger partial charge is 0.310 e. The van der Waals surface area contributed by atoms with E-state index in [1.54, 1.807) is 0 Å². The molecule has 1 heterocycles. The van der Waals surface area contributed by atoms with Gasteiger partial charge in [-0.1, -0.05) is 0 Å². The zero-order valence-corrected chi connectivity index (χ0v) is 4.15. The summed E-state index contributed by atoms with van der Waals surface area (Å²) in [6, 6.07) is 0. The van der Waals surface area contributed by atoms with Crippen LogP contribution in [0.2, 0.25) is 0 Å². The second-order valence-corrected chi connectivity index (χ2v) is 1.42. The smallest absolute Gasteiger partial charge is 0.0454 e. The summed E-state index contributed by atoms with van der Waals surface area (Å²) in [5, 5.41) is 6.97.